The van der Waals surface area contributed by atoms with Crippen LogP contribution in [0.1, 0.15) is 30.0 Å². The van der Waals surface area contributed by atoms with Gasteiger partial charge in [-0.25, -0.2) is 8.42 Å². The SMILES string of the molecule is CN(C(=O)CN1c2cccc3cccc(c23)S1(=O)=O)[C@H]1CCCc2ccccc21. The topological polar surface area (TPSA) is 57.7 Å². The molecule has 5 nitrogen and oxygen atoms in total. The summed E-state index contributed by atoms with van der Waals surface area (Å²) in [6.07, 6.45) is 2.93. The van der Waals surface area contributed by atoms with Crippen molar-refractivity contribution in [3.63, 3.8) is 0 Å². The van der Waals surface area contributed by atoms with Crippen LogP contribution in [-0.2, 0) is 21.2 Å². The van der Waals surface area contributed by atoms with Crippen LogP contribution in [0.3, 0.4) is 0 Å². The Labute approximate surface area is 170 Å². The molecule has 0 bridgehead atoms. The highest BCUT2D eigenvalue weighted by molar-refractivity contribution is 7.93. The Balaban J connectivity index is 1.47. The number of rotatable bonds is 3. The van der Waals surface area contributed by atoms with Crippen LogP contribution < -0.4 is 4.31 Å². The Morgan fingerprint density at radius 2 is 1.83 bits per heavy atom. The lowest BCUT2D eigenvalue weighted by atomic mass is 9.87. The predicted molar refractivity (Wildman–Crippen MR) is 113 cm³/mol. The molecule has 0 spiro atoms. The summed E-state index contributed by atoms with van der Waals surface area (Å²) >= 11 is 0. The van der Waals surface area contributed by atoms with Crippen LogP contribution in [0.4, 0.5) is 5.69 Å². The van der Waals surface area contributed by atoms with Crippen LogP contribution in [-0.4, -0.2) is 32.8 Å². The number of anilines is 1. The smallest absolute Gasteiger partial charge is 0.265 e. The van der Waals surface area contributed by atoms with Crippen molar-refractivity contribution in [2.24, 2.45) is 0 Å². The maximum Gasteiger partial charge on any atom is 0.265 e. The summed E-state index contributed by atoms with van der Waals surface area (Å²) in [5.74, 6) is -0.194. The third kappa shape index (κ3) is 2.74. The van der Waals surface area contributed by atoms with Gasteiger partial charge >= 0.3 is 0 Å². The molecule has 148 valence electrons. The Kier molecular flexibility index (Phi) is 4.13. The van der Waals surface area contributed by atoms with Crippen LogP contribution in [0.25, 0.3) is 10.8 Å². The molecule has 1 aliphatic heterocycles. The number of carbonyl (C=O) groups is 1. The van der Waals surface area contributed by atoms with Gasteiger partial charge in [0.25, 0.3) is 10.0 Å². The minimum absolute atomic E-state index is 0.0177. The monoisotopic (exact) mass is 406 g/mol. The fourth-order valence-corrected chi connectivity index (χ4v) is 6.33. The molecule has 0 saturated heterocycles. The number of hydrogen-bond donors (Lipinski definition) is 0. The van der Waals surface area contributed by atoms with Gasteiger partial charge in [0, 0.05) is 12.4 Å². The summed E-state index contributed by atoms with van der Waals surface area (Å²) in [5, 5.41) is 1.57. The third-order valence-electron chi connectivity index (χ3n) is 6.16. The summed E-state index contributed by atoms with van der Waals surface area (Å²) in [5.41, 5.74) is 3.03. The van der Waals surface area contributed by atoms with Crippen molar-refractivity contribution >= 4 is 32.4 Å². The molecular formula is C23H22N2O3S. The first-order valence-electron chi connectivity index (χ1n) is 9.86. The number of benzene rings is 3. The van der Waals surface area contributed by atoms with Gasteiger partial charge in [0.2, 0.25) is 5.91 Å². The highest BCUT2D eigenvalue weighted by atomic mass is 32.2. The van der Waals surface area contributed by atoms with Gasteiger partial charge in [0.15, 0.2) is 0 Å². The van der Waals surface area contributed by atoms with E-state index in [1.54, 1.807) is 30.1 Å². The first-order valence-corrected chi connectivity index (χ1v) is 11.3. The van der Waals surface area contributed by atoms with E-state index < -0.39 is 10.0 Å². The third-order valence-corrected chi connectivity index (χ3v) is 7.96. The van der Waals surface area contributed by atoms with E-state index in [1.165, 1.54) is 15.4 Å². The second kappa shape index (κ2) is 6.59. The van der Waals surface area contributed by atoms with Crippen molar-refractivity contribution < 1.29 is 13.2 Å². The van der Waals surface area contributed by atoms with Gasteiger partial charge in [-0.05, 0) is 47.9 Å². The van der Waals surface area contributed by atoms with E-state index in [0.29, 0.717) is 11.1 Å². The highest BCUT2D eigenvalue weighted by Gasteiger charge is 2.38. The number of nitrogens with zero attached hydrogens (tertiary/aromatic N) is 2. The van der Waals surface area contributed by atoms with Crippen molar-refractivity contribution in [1.29, 1.82) is 0 Å². The summed E-state index contributed by atoms with van der Waals surface area (Å²) < 4.78 is 27.6. The first kappa shape index (κ1) is 18.2. The predicted octanol–water partition coefficient (Wildman–Crippen LogP) is 3.88. The quantitative estimate of drug-likeness (QED) is 0.663. The highest BCUT2D eigenvalue weighted by Crippen LogP contribution is 2.42. The first-order chi connectivity index (χ1) is 14.0. The number of likely N-dealkylation sites (N-methyl/N-ethyl adjacent to an activating group) is 1. The van der Waals surface area contributed by atoms with E-state index in [9.17, 15) is 13.2 Å². The molecule has 3 aromatic rings. The summed E-state index contributed by atoms with van der Waals surface area (Å²) in [6.45, 7) is -0.189. The van der Waals surface area contributed by atoms with Crippen molar-refractivity contribution in [1.82, 2.24) is 4.90 Å². The van der Waals surface area contributed by atoms with Gasteiger partial charge in [-0.2, -0.15) is 0 Å². The zero-order valence-corrected chi connectivity index (χ0v) is 17.0. The minimum atomic E-state index is -3.73. The largest absolute Gasteiger partial charge is 0.337 e. The molecule has 0 N–H and O–H groups in total. The van der Waals surface area contributed by atoms with Crippen LogP contribution >= 0.6 is 0 Å². The molecule has 0 unspecified atom stereocenters. The number of sulfonamides is 1. The molecule has 3 aromatic carbocycles. The van der Waals surface area contributed by atoms with Gasteiger partial charge < -0.3 is 4.90 Å². The zero-order valence-electron chi connectivity index (χ0n) is 16.2. The molecular weight excluding hydrogens is 384 g/mol. The minimum Gasteiger partial charge on any atom is -0.337 e. The van der Waals surface area contributed by atoms with E-state index in [-0.39, 0.29) is 23.4 Å². The van der Waals surface area contributed by atoms with Gasteiger partial charge in [-0.15, -0.1) is 0 Å². The molecule has 1 aliphatic carbocycles. The van der Waals surface area contributed by atoms with E-state index >= 15 is 0 Å². The molecule has 1 amide bonds. The molecule has 6 heteroatoms. The molecule has 0 aromatic heterocycles. The fourth-order valence-electron chi connectivity index (χ4n) is 4.67. The maximum absolute atomic E-state index is 13.2. The van der Waals surface area contributed by atoms with E-state index in [2.05, 4.69) is 12.1 Å². The Morgan fingerprint density at radius 3 is 2.66 bits per heavy atom. The summed E-state index contributed by atoms with van der Waals surface area (Å²) in [4.78, 5) is 15.2. The standard InChI is InChI=1S/C23H22N2O3S/c1-24(19-12-4-8-16-7-2-3-11-18(16)19)22(26)15-25-20-13-5-9-17-10-6-14-21(23(17)20)29(25,27)28/h2-3,5-7,9-11,13-14,19H,4,8,12,15H2,1H3/t19-/m0/s1. The Hall–Kier alpha value is -2.86. The normalized spacial score (nSPS) is 19.2. The average molecular weight is 407 g/mol. The van der Waals surface area contributed by atoms with Crippen LogP contribution in [0.2, 0.25) is 0 Å². The second-order valence-electron chi connectivity index (χ2n) is 7.75. The number of aryl methyl sites for hydroxylation is 1. The van der Waals surface area contributed by atoms with Gasteiger partial charge in [-0.3, -0.25) is 9.10 Å². The summed E-state index contributed by atoms with van der Waals surface area (Å²) in [7, 11) is -1.95. The number of fused-ring (bicyclic) bond motifs is 1. The van der Waals surface area contributed by atoms with Gasteiger partial charge in [0.1, 0.15) is 6.54 Å². The van der Waals surface area contributed by atoms with Crippen LogP contribution in [0.15, 0.2) is 65.6 Å². The van der Waals surface area contributed by atoms with Crippen molar-refractivity contribution in [3.05, 3.63) is 71.8 Å². The molecule has 1 atom stereocenters. The van der Waals surface area contributed by atoms with Crippen LogP contribution in [0.5, 0.6) is 0 Å². The number of carbonyl (C=O) groups excluding carboxylic acids is 1. The molecule has 5 rings (SSSR count). The average Bonchev–Trinajstić information content (AvgIpc) is 2.96. The zero-order chi connectivity index (χ0) is 20.2. The Bertz CT molecular complexity index is 1230. The molecule has 2 aliphatic rings. The second-order valence-corrected chi connectivity index (χ2v) is 9.59. The van der Waals surface area contributed by atoms with Crippen molar-refractivity contribution in [3.8, 4) is 0 Å². The van der Waals surface area contributed by atoms with Crippen molar-refractivity contribution in [2.75, 3.05) is 17.9 Å². The number of amides is 1. The lowest BCUT2D eigenvalue weighted by Gasteiger charge is -2.34. The molecule has 0 saturated carbocycles. The lowest BCUT2D eigenvalue weighted by molar-refractivity contribution is -0.130. The van der Waals surface area contributed by atoms with Crippen LogP contribution in [0, 0.1) is 0 Å². The molecule has 1 heterocycles. The maximum atomic E-state index is 13.2. The molecule has 29 heavy (non-hydrogen) atoms. The van der Waals surface area contributed by atoms with E-state index in [1.807, 2.05) is 30.3 Å². The van der Waals surface area contributed by atoms with E-state index in [4.69, 9.17) is 0 Å². The van der Waals surface area contributed by atoms with Gasteiger partial charge in [-0.1, -0.05) is 48.5 Å². The van der Waals surface area contributed by atoms with Gasteiger partial charge in [0.05, 0.1) is 16.6 Å². The van der Waals surface area contributed by atoms with E-state index in [0.717, 1.165) is 24.6 Å². The summed E-state index contributed by atoms with van der Waals surface area (Å²) in [6, 6.07) is 19.0. The molecule has 0 radical (unpaired) electrons. The molecule has 0 fully saturated rings. The Morgan fingerprint density at radius 1 is 1.07 bits per heavy atom. The van der Waals surface area contributed by atoms with Crippen molar-refractivity contribution in [2.45, 2.75) is 30.2 Å². The lowest BCUT2D eigenvalue weighted by Crippen LogP contribution is -2.42. The number of hydrogen-bond acceptors (Lipinski definition) is 3. The fraction of sp³-hybridized carbons (Fsp3) is 0.261.